The maximum atomic E-state index is 12.7. The lowest BCUT2D eigenvalue weighted by atomic mass is 10.1. The fourth-order valence-electron chi connectivity index (χ4n) is 2.71. The van der Waals surface area contributed by atoms with Gasteiger partial charge < -0.3 is 14.8 Å². The molecule has 29 heavy (non-hydrogen) atoms. The van der Waals surface area contributed by atoms with Crippen LogP contribution in [-0.4, -0.2) is 42.7 Å². The molecular formula is C21H20N2O5S. The minimum Gasteiger partial charge on any atom is -0.497 e. The Morgan fingerprint density at radius 1 is 1.10 bits per heavy atom. The van der Waals surface area contributed by atoms with Gasteiger partial charge in [0, 0.05) is 11.3 Å². The summed E-state index contributed by atoms with van der Waals surface area (Å²) >= 11 is 0.782. The first-order valence-corrected chi connectivity index (χ1v) is 9.57. The van der Waals surface area contributed by atoms with E-state index in [9.17, 15) is 14.4 Å². The number of ether oxygens (including phenoxy) is 2. The molecule has 2 aromatic rings. The van der Waals surface area contributed by atoms with Crippen molar-refractivity contribution in [1.82, 2.24) is 4.90 Å². The third-order valence-corrected chi connectivity index (χ3v) is 5.14. The number of amides is 3. The number of hydrogen-bond acceptors (Lipinski definition) is 6. The molecule has 0 unspecified atom stereocenters. The largest absolute Gasteiger partial charge is 0.497 e. The zero-order chi connectivity index (χ0) is 21.0. The number of nitrogens with one attached hydrogen (secondary N) is 1. The Bertz CT molecular complexity index is 985. The normalized spacial score (nSPS) is 15.0. The Balaban J connectivity index is 1.75. The standard InChI is InChI=1S/C21H20N2O5S/c1-13-4-6-15(7-5-13)22-19(24)12-23-20(25)18(29-21(23)26)11-14-10-16(27-2)8-9-17(14)28-3/h4-11H,12H2,1-3H3,(H,22,24)/b18-11+. The Labute approximate surface area is 172 Å². The molecule has 8 heteroatoms. The molecule has 0 atom stereocenters. The lowest BCUT2D eigenvalue weighted by molar-refractivity contribution is -0.127. The van der Waals surface area contributed by atoms with Gasteiger partial charge in [0.15, 0.2) is 0 Å². The zero-order valence-corrected chi connectivity index (χ0v) is 17.0. The van der Waals surface area contributed by atoms with Crippen LogP contribution in [0, 0.1) is 6.92 Å². The summed E-state index contributed by atoms with van der Waals surface area (Å²) < 4.78 is 10.5. The summed E-state index contributed by atoms with van der Waals surface area (Å²) in [5, 5.41) is 2.19. The van der Waals surface area contributed by atoms with E-state index < -0.39 is 17.1 Å². The summed E-state index contributed by atoms with van der Waals surface area (Å²) in [6, 6.07) is 12.4. The van der Waals surface area contributed by atoms with E-state index in [1.165, 1.54) is 14.2 Å². The molecule has 0 bridgehead atoms. The van der Waals surface area contributed by atoms with Crippen molar-refractivity contribution >= 4 is 40.6 Å². The van der Waals surface area contributed by atoms with Crippen LogP contribution in [0.2, 0.25) is 0 Å². The van der Waals surface area contributed by atoms with Crippen LogP contribution in [0.25, 0.3) is 6.08 Å². The van der Waals surface area contributed by atoms with Crippen molar-refractivity contribution in [3.63, 3.8) is 0 Å². The summed E-state index contributed by atoms with van der Waals surface area (Å²) in [7, 11) is 3.05. The molecule has 0 saturated carbocycles. The quantitative estimate of drug-likeness (QED) is 0.729. The highest BCUT2D eigenvalue weighted by Gasteiger charge is 2.36. The SMILES string of the molecule is COc1ccc(OC)c(/C=C2/SC(=O)N(CC(=O)Nc3ccc(C)cc3)C2=O)c1. The van der Waals surface area contributed by atoms with Crippen molar-refractivity contribution in [1.29, 1.82) is 0 Å². The predicted octanol–water partition coefficient (Wildman–Crippen LogP) is 3.69. The fraction of sp³-hybridized carbons (Fsp3) is 0.190. The van der Waals surface area contributed by atoms with E-state index in [-0.39, 0.29) is 11.4 Å². The number of rotatable bonds is 6. The Morgan fingerprint density at radius 2 is 1.83 bits per heavy atom. The van der Waals surface area contributed by atoms with Crippen LogP contribution < -0.4 is 14.8 Å². The van der Waals surface area contributed by atoms with Crippen molar-refractivity contribution in [3.05, 3.63) is 58.5 Å². The summed E-state index contributed by atoms with van der Waals surface area (Å²) in [6.45, 7) is 1.58. The van der Waals surface area contributed by atoms with E-state index in [4.69, 9.17) is 9.47 Å². The molecule has 0 aromatic heterocycles. The van der Waals surface area contributed by atoms with Gasteiger partial charge in [0.1, 0.15) is 18.0 Å². The van der Waals surface area contributed by atoms with E-state index in [0.29, 0.717) is 22.7 Å². The molecule has 0 aliphatic carbocycles. The monoisotopic (exact) mass is 412 g/mol. The van der Waals surface area contributed by atoms with Crippen molar-refractivity contribution in [3.8, 4) is 11.5 Å². The van der Waals surface area contributed by atoms with Gasteiger partial charge in [0.05, 0.1) is 19.1 Å². The van der Waals surface area contributed by atoms with Gasteiger partial charge in [-0.15, -0.1) is 0 Å². The fourth-order valence-corrected chi connectivity index (χ4v) is 3.54. The van der Waals surface area contributed by atoms with Crippen LogP contribution in [0.1, 0.15) is 11.1 Å². The van der Waals surface area contributed by atoms with Crippen LogP contribution in [-0.2, 0) is 9.59 Å². The third-order valence-electron chi connectivity index (χ3n) is 4.23. The first-order chi connectivity index (χ1) is 13.9. The van der Waals surface area contributed by atoms with Gasteiger partial charge in [0.2, 0.25) is 5.91 Å². The minimum absolute atomic E-state index is 0.213. The molecule has 0 spiro atoms. The lowest BCUT2D eigenvalue weighted by Gasteiger charge is -2.12. The smallest absolute Gasteiger partial charge is 0.294 e. The third kappa shape index (κ3) is 4.78. The van der Waals surface area contributed by atoms with E-state index in [0.717, 1.165) is 22.2 Å². The number of anilines is 1. The molecule has 3 amide bonds. The topological polar surface area (TPSA) is 84.9 Å². The Hall–Kier alpha value is -3.26. The molecule has 0 radical (unpaired) electrons. The molecule has 150 valence electrons. The first-order valence-electron chi connectivity index (χ1n) is 8.75. The number of methoxy groups -OCH3 is 2. The van der Waals surface area contributed by atoms with Crippen molar-refractivity contribution in [2.24, 2.45) is 0 Å². The summed E-state index contributed by atoms with van der Waals surface area (Å²) in [6.07, 6.45) is 1.56. The summed E-state index contributed by atoms with van der Waals surface area (Å²) in [5.41, 5.74) is 2.26. The zero-order valence-electron chi connectivity index (χ0n) is 16.2. The number of carbonyl (C=O) groups is 3. The van der Waals surface area contributed by atoms with Gasteiger partial charge >= 0.3 is 0 Å². The van der Waals surface area contributed by atoms with Crippen molar-refractivity contribution in [2.45, 2.75) is 6.92 Å². The lowest BCUT2D eigenvalue weighted by Crippen LogP contribution is -2.36. The van der Waals surface area contributed by atoms with Crippen LogP contribution in [0.15, 0.2) is 47.4 Å². The van der Waals surface area contributed by atoms with Gasteiger partial charge in [0.25, 0.3) is 11.1 Å². The number of hydrogen-bond donors (Lipinski definition) is 1. The number of thioether (sulfide) groups is 1. The van der Waals surface area contributed by atoms with Crippen LogP contribution in [0.3, 0.4) is 0 Å². The molecule has 7 nitrogen and oxygen atoms in total. The van der Waals surface area contributed by atoms with Crippen LogP contribution >= 0.6 is 11.8 Å². The highest BCUT2D eigenvalue weighted by Crippen LogP contribution is 2.35. The highest BCUT2D eigenvalue weighted by atomic mass is 32.2. The predicted molar refractivity (Wildman–Crippen MR) is 112 cm³/mol. The molecule has 3 rings (SSSR count). The van der Waals surface area contributed by atoms with Crippen molar-refractivity contribution in [2.75, 3.05) is 26.1 Å². The maximum absolute atomic E-state index is 12.7. The van der Waals surface area contributed by atoms with Crippen molar-refractivity contribution < 1.29 is 23.9 Å². The van der Waals surface area contributed by atoms with E-state index in [1.54, 1.807) is 36.4 Å². The number of aryl methyl sites for hydroxylation is 1. The van der Waals surface area contributed by atoms with E-state index >= 15 is 0 Å². The van der Waals surface area contributed by atoms with E-state index in [1.807, 2.05) is 19.1 Å². The number of nitrogens with zero attached hydrogens (tertiary/aromatic N) is 1. The average Bonchev–Trinajstić information content (AvgIpc) is 2.97. The second-order valence-corrected chi connectivity index (χ2v) is 7.28. The van der Waals surface area contributed by atoms with Crippen LogP contribution in [0.5, 0.6) is 11.5 Å². The van der Waals surface area contributed by atoms with Gasteiger partial charge in [-0.2, -0.15) is 0 Å². The Kier molecular flexibility index (Phi) is 6.23. The van der Waals surface area contributed by atoms with E-state index in [2.05, 4.69) is 5.32 Å². The highest BCUT2D eigenvalue weighted by molar-refractivity contribution is 8.18. The molecule has 1 saturated heterocycles. The molecule has 1 N–H and O–H groups in total. The number of imide groups is 1. The summed E-state index contributed by atoms with van der Waals surface area (Å²) in [4.78, 5) is 38.4. The summed E-state index contributed by atoms with van der Waals surface area (Å²) in [5.74, 6) is 0.156. The van der Waals surface area contributed by atoms with Gasteiger partial charge in [-0.25, -0.2) is 0 Å². The van der Waals surface area contributed by atoms with Crippen LogP contribution in [0.4, 0.5) is 10.5 Å². The van der Waals surface area contributed by atoms with Gasteiger partial charge in [-0.3, -0.25) is 19.3 Å². The van der Waals surface area contributed by atoms with Gasteiger partial charge in [-0.05, 0) is 55.1 Å². The molecule has 2 aromatic carbocycles. The molecule has 1 aliphatic heterocycles. The maximum Gasteiger partial charge on any atom is 0.294 e. The first kappa shape index (κ1) is 20.5. The second-order valence-electron chi connectivity index (χ2n) is 6.29. The minimum atomic E-state index is -0.524. The molecule has 1 aliphatic rings. The average molecular weight is 412 g/mol. The Morgan fingerprint density at radius 3 is 2.48 bits per heavy atom. The molecular weight excluding hydrogens is 392 g/mol. The van der Waals surface area contributed by atoms with Gasteiger partial charge in [-0.1, -0.05) is 17.7 Å². The molecule has 1 fully saturated rings. The second kappa shape index (κ2) is 8.83. The number of carbonyl (C=O) groups excluding carboxylic acids is 3. The number of benzene rings is 2. The molecule has 1 heterocycles.